The SMILES string of the molecule is COc1cc(C(=O)OCC[n+]2cccc3ccccc32)cc(OC)c1OC. The van der Waals surface area contributed by atoms with Crippen LogP contribution in [-0.4, -0.2) is 33.9 Å². The number of carbonyl (C=O) groups excluding carboxylic acids is 1. The molecule has 0 amide bonds. The molecule has 1 heterocycles. The number of nitrogens with zero attached hydrogens (tertiary/aromatic N) is 1. The van der Waals surface area contributed by atoms with Crippen LogP contribution in [0.3, 0.4) is 0 Å². The maximum absolute atomic E-state index is 12.5. The Balaban J connectivity index is 1.72. The van der Waals surface area contributed by atoms with E-state index in [1.54, 1.807) is 12.1 Å². The van der Waals surface area contributed by atoms with Gasteiger partial charge in [0.1, 0.15) is 0 Å². The minimum absolute atomic E-state index is 0.244. The van der Waals surface area contributed by atoms with Crippen LogP contribution < -0.4 is 18.8 Å². The van der Waals surface area contributed by atoms with Gasteiger partial charge in [-0.05, 0) is 24.3 Å². The Labute approximate surface area is 157 Å². The summed E-state index contributed by atoms with van der Waals surface area (Å²) in [6.07, 6.45) is 1.97. The first-order chi connectivity index (χ1) is 13.2. The molecule has 0 bridgehead atoms. The molecule has 3 rings (SSSR count). The second kappa shape index (κ2) is 8.40. The fraction of sp³-hybridized carbons (Fsp3) is 0.238. The molecule has 0 saturated carbocycles. The van der Waals surface area contributed by atoms with Gasteiger partial charge in [-0.2, -0.15) is 4.57 Å². The van der Waals surface area contributed by atoms with Crippen LogP contribution in [-0.2, 0) is 11.3 Å². The van der Waals surface area contributed by atoms with Gasteiger partial charge in [0.2, 0.25) is 11.3 Å². The normalized spacial score (nSPS) is 10.5. The van der Waals surface area contributed by atoms with Crippen molar-refractivity contribution in [3.63, 3.8) is 0 Å². The largest absolute Gasteiger partial charge is 0.493 e. The number of aromatic nitrogens is 1. The van der Waals surface area contributed by atoms with Gasteiger partial charge in [0.05, 0.1) is 26.9 Å². The van der Waals surface area contributed by atoms with Gasteiger partial charge in [-0.25, -0.2) is 4.79 Å². The molecular weight excluding hydrogens is 346 g/mol. The first-order valence-corrected chi connectivity index (χ1v) is 8.52. The van der Waals surface area contributed by atoms with Crippen LogP contribution in [0.2, 0.25) is 0 Å². The zero-order chi connectivity index (χ0) is 19.2. The van der Waals surface area contributed by atoms with E-state index in [4.69, 9.17) is 18.9 Å². The molecule has 0 N–H and O–H groups in total. The van der Waals surface area contributed by atoms with Crippen LogP contribution in [0, 0.1) is 0 Å². The van der Waals surface area contributed by atoms with Gasteiger partial charge in [-0.3, -0.25) is 0 Å². The monoisotopic (exact) mass is 368 g/mol. The average Bonchev–Trinajstić information content (AvgIpc) is 2.72. The Morgan fingerprint density at radius 2 is 1.59 bits per heavy atom. The average molecular weight is 368 g/mol. The lowest BCUT2D eigenvalue weighted by atomic mass is 10.2. The zero-order valence-corrected chi connectivity index (χ0v) is 15.6. The van der Waals surface area contributed by atoms with Crippen molar-refractivity contribution in [2.75, 3.05) is 27.9 Å². The number of benzene rings is 2. The van der Waals surface area contributed by atoms with Crippen LogP contribution in [0.5, 0.6) is 17.2 Å². The summed E-state index contributed by atoms with van der Waals surface area (Å²) in [5.41, 5.74) is 1.43. The Hall–Kier alpha value is -3.28. The summed E-state index contributed by atoms with van der Waals surface area (Å²) in [6, 6.07) is 15.3. The molecular formula is C21H22NO5+. The van der Waals surface area contributed by atoms with Gasteiger partial charge >= 0.3 is 5.97 Å². The van der Waals surface area contributed by atoms with Crippen molar-refractivity contribution in [3.8, 4) is 17.2 Å². The summed E-state index contributed by atoms with van der Waals surface area (Å²) in [4.78, 5) is 12.5. The molecule has 0 aliphatic heterocycles. The van der Waals surface area contributed by atoms with E-state index in [9.17, 15) is 4.79 Å². The number of ether oxygens (including phenoxy) is 4. The molecule has 0 atom stereocenters. The standard InChI is InChI=1S/C21H22NO5/c1-24-18-13-16(14-19(25-2)20(18)26-3)21(23)27-12-11-22-10-6-8-15-7-4-5-9-17(15)22/h4-10,13-14H,11-12H2,1-3H3/q+1. The topological polar surface area (TPSA) is 57.9 Å². The minimum atomic E-state index is -0.449. The van der Waals surface area contributed by atoms with Crippen LogP contribution in [0.15, 0.2) is 54.7 Å². The molecule has 6 heteroatoms. The number of hydrogen-bond donors (Lipinski definition) is 0. The molecule has 0 aliphatic carbocycles. The molecule has 0 spiro atoms. The fourth-order valence-electron chi connectivity index (χ4n) is 2.93. The number of rotatable bonds is 7. The van der Waals surface area contributed by atoms with E-state index in [-0.39, 0.29) is 6.61 Å². The van der Waals surface area contributed by atoms with Gasteiger partial charge in [0.25, 0.3) is 0 Å². The summed E-state index contributed by atoms with van der Waals surface area (Å²) in [6.45, 7) is 0.797. The first kappa shape index (κ1) is 18.5. The van der Waals surface area contributed by atoms with Gasteiger partial charge in [-0.1, -0.05) is 12.1 Å². The molecule has 1 aromatic heterocycles. The van der Waals surface area contributed by atoms with E-state index in [0.717, 1.165) is 10.9 Å². The zero-order valence-electron chi connectivity index (χ0n) is 15.6. The number of fused-ring (bicyclic) bond motifs is 1. The van der Waals surface area contributed by atoms with Crippen molar-refractivity contribution in [1.82, 2.24) is 0 Å². The highest BCUT2D eigenvalue weighted by atomic mass is 16.5. The molecule has 2 aromatic carbocycles. The number of methoxy groups -OCH3 is 3. The van der Waals surface area contributed by atoms with E-state index in [1.807, 2.05) is 42.6 Å². The van der Waals surface area contributed by atoms with Crippen molar-refractivity contribution in [1.29, 1.82) is 0 Å². The molecule has 0 aliphatic rings. The van der Waals surface area contributed by atoms with E-state index >= 15 is 0 Å². The van der Waals surface area contributed by atoms with E-state index in [1.165, 1.54) is 21.3 Å². The maximum Gasteiger partial charge on any atom is 0.338 e. The summed E-state index contributed by atoms with van der Waals surface area (Å²) < 4.78 is 23.3. The summed E-state index contributed by atoms with van der Waals surface area (Å²) in [7, 11) is 4.52. The van der Waals surface area contributed by atoms with Crippen LogP contribution in [0.1, 0.15) is 10.4 Å². The van der Waals surface area contributed by atoms with Gasteiger partial charge in [0, 0.05) is 17.5 Å². The third kappa shape index (κ3) is 3.95. The second-order valence-corrected chi connectivity index (χ2v) is 5.81. The third-order valence-corrected chi connectivity index (χ3v) is 4.25. The van der Waals surface area contributed by atoms with E-state index in [2.05, 4.69) is 4.57 Å². The molecule has 27 heavy (non-hydrogen) atoms. The maximum atomic E-state index is 12.5. The predicted molar refractivity (Wildman–Crippen MR) is 101 cm³/mol. The van der Waals surface area contributed by atoms with Crippen molar-refractivity contribution in [2.45, 2.75) is 6.54 Å². The van der Waals surface area contributed by atoms with E-state index in [0.29, 0.717) is 29.4 Å². The molecule has 0 radical (unpaired) electrons. The molecule has 6 nitrogen and oxygen atoms in total. The number of para-hydroxylation sites is 1. The molecule has 0 unspecified atom stereocenters. The van der Waals surface area contributed by atoms with Crippen LogP contribution >= 0.6 is 0 Å². The highest BCUT2D eigenvalue weighted by Crippen LogP contribution is 2.38. The lowest BCUT2D eigenvalue weighted by molar-refractivity contribution is -0.672. The lowest BCUT2D eigenvalue weighted by Crippen LogP contribution is -2.36. The van der Waals surface area contributed by atoms with Crippen molar-refractivity contribution in [3.05, 3.63) is 60.3 Å². The fourth-order valence-corrected chi connectivity index (χ4v) is 2.93. The van der Waals surface area contributed by atoms with Gasteiger partial charge < -0.3 is 18.9 Å². The van der Waals surface area contributed by atoms with E-state index < -0.39 is 5.97 Å². The molecule has 140 valence electrons. The summed E-state index contributed by atoms with van der Waals surface area (Å²) in [5, 5.41) is 1.14. The Morgan fingerprint density at radius 1 is 0.926 bits per heavy atom. The lowest BCUT2D eigenvalue weighted by Gasteiger charge is -2.13. The number of hydrogen-bond acceptors (Lipinski definition) is 5. The van der Waals surface area contributed by atoms with Crippen LogP contribution in [0.25, 0.3) is 10.9 Å². The van der Waals surface area contributed by atoms with Crippen LogP contribution in [0.4, 0.5) is 0 Å². The summed E-state index contributed by atoms with van der Waals surface area (Å²) in [5.74, 6) is 0.803. The Morgan fingerprint density at radius 3 is 2.26 bits per heavy atom. The van der Waals surface area contributed by atoms with Gasteiger partial charge in [-0.15, -0.1) is 0 Å². The minimum Gasteiger partial charge on any atom is -0.493 e. The van der Waals surface area contributed by atoms with Gasteiger partial charge in [0.15, 0.2) is 30.8 Å². The highest BCUT2D eigenvalue weighted by molar-refractivity contribution is 5.91. The van der Waals surface area contributed by atoms with Crippen molar-refractivity contribution >= 4 is 16.9 Å². The Bertz CT molecular complexity index is 924. The third-order valence-electron chi connectivity index (χ3n) is 4.25. The molecule has 0 saturated heterocycles. The van der Waals surface area contributed by atoms with Crippen molar-refractivity contribution in [2.24, 2.45) is 0 Å². The predicted octanol–water partition coefficient (Wildman–Crippen LogP) is 3.01. The molecule has 3 aromatic rings. The second-order valence-electron chi connectivity index (χ2n) is 5.81. The number of carbonyl (C=O) groups is 1. The number of pyridine rings is 1. The first-order valence-electron chi connectivity index (χ1n) is 8.52. The van der Waals surface area contributed by atoms with Crippen molar-refractivity contribution < 1.29 is 28.3 Å². The number of esters is 1. The molecule has 0 fully saturated rings. The summed E-state index contributed by atoms with van der Waals surface area (Å²) >= 11 is 0. The smallest absolute Gasteiger partial charge is 0.338 e. The Kier molecular flexibility index (Phi) is 5.76. The quantitative estimate of drug-likeness (QED) is 0.474. The highest BCUT2D eigenvalue weighted by Gasteiger charge is 2.18.